The topological polar surface area (TPSA) is 35.5 Å². The second kappa shape index (κ2) is 9.09. The van der Waals surface area contributed by atoms with Gasteiger partial charge in [-0.25, -0.2) is 0 Å². The summed E-state index contributed by atoms with van der Waals surface area (Å²) in [6.07, 6.45) is 4.51. The number of nitrogens with one attached hydrogen (secondary N) is 1. The maximum atomic E-state index is 9.43. The molecule has 0 spiro atoms. The molecular formula is C19H30N2O. The van der Waals surface area contributed by atoms with Gasteiger partial charge in [-0.1, -0.05) is 42.0 Å². The van der Waals surface area contributed by atoms with Crippen molar-refractivity contribution in [2.45, 2.75) is 32.8 Å². The molecule has 0 amide bonds. The highest BCUT2D eigenvalue weighted by atomic mass is 16.3. The molecule has 1 atom stereocenters. The first-order valence-electron chi connectivity index (χ1n) is 8.47. The van der Waals surface area contributed by atoms with E-state index in [9.17, 15) is 5.11 Å². The molecule has 3 heteroatoms. The normalized spacial score (nSPS) is 19.3. The summed E-state index contributed by atoms with van der Waals surface area (Å²) in [5.41, 5.74) is 2.64. The molecule has 0 aliphatic carbocycles. The van der Waals surface area contributed by atoms with Crippen LogP contribution in [0.3, 0.4) is 0 Å². The van der Waals surface area contributed by atoms with Crippen molar-refractivity contribution in [1.29, 1.82) is 0 Å². The Kier molecular flexibility index (Phi) is 7.10. The fourth-order valence-corrected chi connectivity index (χ4v) is 3.11. The lowest BCUT2D eigenvalue weighted by atomic mass is 9.96. The van der Waals surface area contributed by atoms with Crippen molar-refractivity contribution >= 4 is 6.08 Å². The third-order valence-corrected chi connectivity index (χ3v) is 4.28. The van der Waals surface area contributed by atoms with Crippen molar-refractivity contribution < 1.29 is 5.11 Å². The molecule has 122 valence electrons. The summed E-state index contributed by atoms with van der Waals surface area (Å²) in [6.45, 7) is 9.18. The van der Waals surface area contributed by atoms with E-state index in [1.165, 1.54) is 24.0 Å². The van der Waals surface area contributed by atoms with E-state index in [1.54, 1.807) is 0 Å². The fraction of sp³-hybridized carbons (Fsp3) is 0.579. The van der Waals surface area contributed by atoms with Crippen LogP contribution in [0.5, 0.6) is 0 Å². The van der Waals surface area contributed by atoms with Crippen molar-refractivity contribution in [1.82, 2.24) is 10.2 Å². The van der Waals surface area contributed by atoms with Crippen LogP contribution < -0.4 is 5.32 Å². The third kappa shape index (κ3) is 6.30. The smallest absolute Gasteiger partial charge is 0.0639 e. The molecule has 1 aromatic carbocycles. The molecule has 1 fully saturated rings. The lowest BCUT2D eigenvalue weighted by Crippen LogP contribution is -2.40. The largest absolute Gasteiger partial charge is 0.392 e. The minimum absolute atomic E-state index is 0.208. The van der Waals surface area contributed by atoms with Gasteiger partial charge < -0.3 is 15.3 Å². The van der Waals surface area contributed by atoms with E-state index in [-0.39, 0.29) is 6.10 Å². The number of aliphatic hydroxyl groups excluding tert-OH is 1. The summed E-state index contributed by atoms with van der Waals surface area (Å²) >= 11 is 0. The number of β-amino-alcohol motifs (C(OH)–C–C–N with tert-alkyl or cyclic N) is 1. The molecule has 0 bridgehead atoms. The first-order valence-corrected chi connectivity index (χ1v) is 8.47. The van der Waals surface area contributed by atoms with Crippen LogP contribution in [-0.4, -0.2) is 48.8 Å². The molecule has 0 aromatic heterocycles. The van der Waals surface area contributed by atoms with Gasteiger partial charge in [0.15, 0.2) is 0 Å². The van der Waals surface area contributed by atoms with Gasteiger partial charge in [-0.2, -0.15) is 0 Å². The van der Waals surface area contributed by atoms with E-state index in [2.05, 4.69) is 53.5 Å². The maximum absolute atomic E-state index is 9.43. The molecule has 1 heterocycles. The number of hydrogen-bond acceptors (Lipinski definition) is 3. The molecule has 1 unspecified atom stereocenters. The Morgan fingerprint density at radius 1 is 1.32 bits per heavy atom. The van der Waals surface area contributed by atoms with Gasteiger partial charge >= 0.3 is 0 Å². The van der Waals surface area contributed by atoms with Gasteiger partial charge in [-0.3, -0.25) is 0 Å². The Balaban J connectivity index is 1.64. The number of aliphatic hydroxyl groups is 1. The molecule has 1 aromatic rings. The van der Waals surface area contributed by atoms with Crippen LogP contribution in [0.25, 0.3) is 6.08 Å². The minimum atomic E-state index is -0.208. The number of rotatable bonds is 7. The molecular weight excluding hydrogens is 272 g/mol. The fourth-order valence-electron chi connectivity index (χ4n) is 3.11. The first kappa shape index (κ1) is 17.2. The summed E-state index contributed by atoms with van der Waals surface area (Å²) in [5.74, 6) is 0.773. The number of likely N-dealkylation sites (tertiary alicyclic amines) is 1. The Bertz CT molecular complexity index is 448. The lowest BCUT2D eigenvalue weighted by molar-refractivity contribution is 0.1000. The SMILES string of the molecule is C/C(=C\c1ccccc1)CNCC1CCN(CC(C)O)CC1. The highest BCUT2D eigenvalue weighted by molar-refractivity contribution is 5.52. The molecule has 1 saturated heterocycles. The zero-order valence-corrected chi connectivity index (χ0v) is 14.0. The Morgan fingerprint density at radius 2 is 2.00 bits per heavy atom. The van der Waals surface area contributed by atoms with Crippen molar-refractivity contribution in [2.75, 3.05) is 32.7 Å². The molecule has 0 radical (unpaired) electrons. The zero-order chi connectivity index (χ0) is 15.8. The van der Waals surface area contributed by atoms with Crippen molar-refractivity contribution in [3.8, 4) is 0 Å². The molecule has 1 aliphatic rings. The van der Waals surface area contributed by atoms with Gasteiger partial charge in [0.2, 0.25) is 0 Å². The van der Waals surface area contributed by atoms with E-state index >= 15 is 0 Å². The highest BCUT2D eigenvalue weighted by Gasteiger charge is 2.19. The summed E-state index contributed by atoms with van der Waals surface area (Å²) in [4.78, 5) is 2.38. The van der Waals surface area contributed by atoms with E-state index in [0.29, 0.717) is 0 Å². The highest BCUT2D eigenvalue weighted by Crippen LogP contribution is 2.16. The molecule has 2 rings (SSSR count). The minimum Gasteiger partial charge on any atom is -0.392 e. The standard InChI is InChI=1S/C19H30N2O/c1-16(12-18-6-4-3-5-7-18)13-20-14-19-8-10-21(11-9-19)15-17(2)22/h3-7,12,17,19-20,22H,8-11,13-15H2,1-2H3/b16-12+. The number of nitrogens with zero attached hydrogens (tertiary/aromatic N) is 1. The Morgan fingerprint density at radius 3 is 2.64 bits per heavy atom. The van der Waals surface area contributed by atoms with Crippen LogP contribution in [0.4, 0.5) is 0 Å². The Labute approximate surface area is 135 Å². The van der Waals surface area contributed by atoms with E-state index in [4.69, 9.17) is 0 Å². The summed E-state index contributed by atoms with van der Waals surface area (Å²) in [5, 5.41) is 13.0. The molecule has 2 N–H and O–H groups in total. The predicted molar refractivity (Wildman–Crippen MR) is 93.8 cm³/mol. The van der Waals surface area contributed by atoms with Gasteiger partial charge in [-0.15, -0.1) is 0 Å². The third-order valence-electron chi connectivity index (χ3n) is 4.28. The van der Waals surface area contributed by atoms with Gasteiger partial charge in [0.05, 0.1) is 6.10 Å². The van der Waals surface area contributed by atoms with Crippen molar-refractivity contribution in [2.24, 2.45) is 5.92 Å². The Hall–Kier alpha value is -1.16. The van der Waals surface area contributed by atoms with E-state index in [1.807, 2.05) is 6.92 Å². The summed E-state index contributed by atoms with van der Waals surface area (Å²) < 4.78 is 0. The predicted octanol–water partition coefficient (Wildman–Crippen LogP) is 2.77. The average molecular weight is 302 g/mol. The molecule has 0 saturated carbocycles. The quantitative estimate of drug-likeness (QED) is 0.813. The maximum Gasteiger partial charge on any atom is 0.0639 e. The van der Waals surface area contributed by atoms with Crippen LogP contribution in [-0.2, 0) is 0 Å². The van der Waals surface area contributed by atoms with Crippen LogP contribution in [0.1, 0.15) is 32.3 Å². The lowest BCUT2D eigenvalue weighted by Gasteiger charge is -2.32. The second-order valence-electron chi connectivity index (χ2n) is 6.63. The molecule has 1 aliphatic heterocycles. The van der Waals surface area contributed by atoms with Gasteiger partial charge in [0, 0.05) is 13.1 Å². The van der Waals surface area contributed by atoms with Gasteiger partial charge in [0.25, 0.3) is 0 Å². The monoisotopic (exact) mass is 302 g/mol. The van der Waals surface area contributed by atoms with Gasteiger partial charge in [-0.05, 0) is 57.8 Å². The zero-order valence-electron chi connectivity index (χ0n) is 14.0. The van der Waals surface area contributed by atoms with Crippen molar-refractivity contribution in [3.63, 3.8) is 0 Å². The summed E-state index contributed by atoms with van der Waals surface area (Å²) in [7, 11) is 0. The number of hydrogen-bond donors (Lipinski definition) is 2. The van der Waals surface area contributed by atoms with Crippen molar-refractivity contribution in [3.05, 3.63) is 41.5 Å². The average Bonchev–Trinajstić information content (AvgIpc) is 2.49. The summed E-state index contributed by atoms with van der Waals surface area (Å²) in [6, 6.07) is 10.5. The molecule has 3 nitrogen and oxygen atoms in total. The van der Waals surface area contributed by atoms with Crippen LogP contribution in [0.2, 0.25) is 0 Å². The number of benzene rings is 1. The van der Waals surface area contributed by atoms with Crippen LogP contribution >= 0.6 is 0 Å². The van der Waals surface area contributed by atoms with E-state index < -0.39 is 0 Å². The second-order valence-corrected chi connectivity index (χ2v) is 6.63. The number of piperidine rings is 1. The van der Waals surface area contributed by atoms with Crippen LogP contribution in [0, 0.1) is 5.92 Å². The van der Waals surface area contributed by atoms with E-state index in [0.717, 1.165) is 38.6 Å². The van der Waals surface area contributed by atoms with Gasteiger partial charge in [0.1, 0.15) is 0 Å². The van der Waals surface area contributed by atoms with Crippen LogP contribution in [0.15, 0.2) is 35.9 Å². The molecule has 22 heavy (non-hydrogen) atoms. The first-order chi connectivity index (χ1) is 10.6.